The van der Waals surface area contributed by atoms with Crippen LogP contribution in [-0.4, -0.2) is 18.5 Å². The minimum absolute atomic E-state index is 0.161. The Labute approximate surface area is 129 Å². The molecule has 0 atom stereocenters. The molecule has 7 heteroatoms. The maximum atomic E-state index is 11.7. The van der Waals surface area contributed by atoms with Crippen molar-refractivity contribution >= 4 is 52.1 Å². The number of amides is 1. The van der Waals surface area contributed by atoms with Crippen LogP contribution in [0.5, 0.6) is 0 Å². The zero-order valence-electron chi connectivity index (χ0n) is 10.1. The van der Waals surface area contributed by atoms with Gasteiger partial charge in [0.15, 0.2) is 6.61 Å². The lowest BCUT2D eigenvalue weighted by Gasteiger charge is -2.05. The van der Waals surface area contributed by atoms with Gasteiger partial charge in [-0.2, -0.15) is 0 Å². The summed E-state index contributed by atoms with van der Waals surface area (Å²) < 4.78 is 5.49. The summed E-state index contributed by atoms with van der Waals surface area (Å²) in [7, 11) is 0. The number of carbonyl (C=O) groups excluding carboxylic acids is 2. The summed E-state index contributed by atoms with van der Waals surface area (Å²) >= 11 is 12.6. The predicted molar refractivity (Wildman–Crippen MR) is 79.7 cm³/mol. The first-order chi connectivity index (χ1) is 9.56. The second kappa shape index (κ2) is 6.74. The lowest BCUT2D eigenvalue weighted by molar-refractivity contribution is -0.119. The Morgan fingerprint density at radius 3 is 2.50 bits per heavy atom. The van der Waals surface area contributed by atoms with Crippen molar-refractivity contribution in [3.63, 3.8) is 0 Å². The molecule has 0 fully saturated rings. The standard InChI is InChI=1S/C13H9Cl2NO3S/c14-10-6-9(12(15)20-10)13(18)19-7-11(17)16-8-4-2-1-3-5-8/h1-6H,7H2,(H,16,17). The molecule has 1 N–H and O–H groups in total. The molecule has 0 unspecified atom stereocenters. The van der Waals surface area contributed by atoms with Gasteiger partial charge in [0.1, 0.15) is 4.34 Å². The molecule has 2 rings (SSSR count). The highest BCUT2D eigenvalue weighted by Gasteiger charge is 2.16. The molecule has 0 aliphatic rings. The Balaban J connectivity index is 1.87. The van der Waals surface area contributed by atoms with Crippen molar-refractivity contribution in [3.05, 3.63) is 50.6 Å². The van der Waals surface area contributed by atoms with E-state index in [4.69, 9.17) is 27.9 Å². The Bertz CT molecular complexity index is 628. The van der Waals surface area contributed by atoms with Gasteiger partial charge in [-0.1, -0.05) is 41.4 Å². The third-order valence-corrected chi connectivity index (χ3v) is 3.76. The molecule has 2 aromatic rings. The first-order valence-corrected chi connectivity index (χ1v) is 7.10. The molecule has 104 valence electrons. The lowest BCUT2D eigenvalue weighted by atomic mass is 10.3. The van der Waals surface area contributed by atoms with Crippen LogP contribution >= 0.6 is 34.5 Å². The van der Waals surface area contributed by atoms with E-state index in [9.17, 15) is 9.59 Å². The summed E-state index contributed by atoms with van der Waals surface area (Å²) in [6.45, 7) is -0.391. The van der Waals surface area contributed by atoms with Gasteiger partial charge < -0.3 is 10.1 Å². The zero-order chi connectivity index (χ0) is 14.5. The molecule has 0 aliphatic heterocycles. The van der Waals surface area contributed by atoms with Crippen LogP contribution in [0, 0.1) is 0 Å². The number of anilines is 1. The number of para-hydroxylation sites is 1. The van der Waals surface area contributed by atoms with Crippen molar-refractivity contribution in [2.24, 2.45) is 0 Å². The lowest BCUT2D eigenvalue weighted by Crippen LogP contribution is -2.20. The van der Waals surface area contributed by atoms with Crippen LogP contribution in [0.3, 0.4) is 0 Å². The minimum Gasteiger partial charge on any atom is -0.452 e. The van der Waals surface area contributed by atoms with Crippen LogP contribution in [0.2, 0.25) is 8.67 Å². The van der Waals surface area contributed by atoms with E-state index in [1.165, 1.54) is 6.07 Å². The predicted octanol–water partition coefficient (Wildman–Crippen LogP) is 3.85. The summed E-state index contributed by atoms with van der Waals surface area (Å²) in [5.41, 5.74) is 0.791. The minimum atomic E-state index is -0.679. The number of halogens is 2. The summed E-state index contributed by atoms with van der Waals surface area (Å²) in [6.07, 6.45) is 0. The average Bonchev–Trinajstić information content (AvgIpc) is 2.76. The van der Waals surface area contributed by atoms with Crippen LogP contribution in [0.25, 0.3) is 0 Å². The van der Waals surface area contributed by atoms with E-state index < -0.39 is 18.5 Å². The van der Waals surface area contributed by atoms with Crippen LogP contribution < -0.4 is 5.32 Å². The van der Waals surface area contributed by atoms with Gasteiger partial charge in [-0.3, -0.25) is 4.79 Å². The van der Waals surface area contributed by atoms with E-state index in [1.807, 2.05) is 6.07 Å². The molecule has 1 amide bonds. The van der Waals surface area contributed by atoms with Crippen LogP contribution in [-0.2, 0) is 9.53 Å². The quantitative estimate of drug-likeness (QED) is 0.867. The van der Waals surface area contributed by atoms with Crippen molar-refractivity contribution in [1.29, 1.82) is 0 Å². The van der Waals surface area contributed by atoms with Gasteiger partial charge in [-0.15, -0.1) is 11.3 Å². The summed E-state index contributed by atoms with van der Waals surface area (Å²) in [5.74, 6) is -1.11. The number of benzene rings is 1. The highest BCUT2D eigenvalue weighted by Crippen LogP contribution is 2.31. The molecular formula is C13H9Cl2NO3S. The van der Waals surface area contributed by atoms with Gasteiger partial charge >= 0.3 is 5.97 Å². The van der Waals surface area contributed by atoms with E-state index in [0.29, 0.717) is 10.0 Å². The third-order valence-electron chi connectivity index (χ3n) is 2.27. The second-order valence-electron chi connectivity index (χ2n) is 3.73. The molecule has 0 aliphatic carbocycles. The van der Waals surface area contributed by atoms with E-state index in [-0.39, 0.29) is 9.90 Å². The van der Waals surface area contributed by atoms with E-state index in [0.717, 1.165) is 11.3 Å². The molecule has 0 saturated carbocycles. The highest BCUT2D eigenvalue weighted by atomic mass is 35.5. The SMILES string of the molecule is O=C(COC(=O)c1cc(Cl)sc1Cl)Nc1ccccc1. The zero-order valence-corrected chi connectivity index (χ0v) is 12.4. The van der Waals surface area contributed by atoms with Gasteiger partial charge in [0, 0.05) is 5.69 Å². The molecule has 0 bridgehead atoms. The Morgan fingerprint density at radius 2 is 1.90 bits per heavy atom. The van der Waals surface area contributed by atoms with Crippen LogP contribution in [0.1, 0.15) is 10.4 Å². The summed E-state index contributed by atoms with van der Waals surface area (Å²) in [5, 5.41) is 2.60. The summed E-state index contributed by atoms with van der Waals surface area (Å²) in [6, 6.07) is 10.3. The highest BCUT2D eigenvalue weighted by molar-refractivity contribution is 7.20. The molecule has 4 nitrogen and oxygen atoms in total. The first kappa shape index (κ1) is 14.8. The van der Waals surface area contributed by atoms with Crippen molar-refractivity contribution in [1.82, 2.24) is 0 Å². The third kappa shape index (κ3) is 3.96. The van der Waals surface area contributed by atoms with Gasteiger partial charge in [0.2, 0.25) is 0 Å². The van der Waals surface area contributed by atoms with Crippen LogP contribution in [0.4, 0.5) is 5.69 Å². The van der Waals surface area contributed by atoms with E-state index >= 15 is 0 Å². The van der Waals surface area contributed by atoms with Gasteiger partial charge in [-0.25, -0.2) is 4.79 Å². The number of ether oxygens (including phenoxy) is 1. The molecular weight excluding hydrogens is 321 g/mol. The monoisotopic (exact) mass is 329 g/mol. The number of esters is 1. The fourth-order valence-electron chi connectivity index (χ4n) is 1.41. The van der Waals surface area contributed by atoms with E-state index in [1.54, 1.807) is 24.3 Å². The number of carbonyl (C=O) groups is 2. The molecule has 0 saturated heterocycles. The van der Waals surface area contributed by atoms with Crippen molar-refractivity contribution < 1.29 is 14.3 Å². The van der Waals surface area contributed by atoms with Crippen molar-refractivity contribution in [3.8, 4) is 0 Å². The Kier molecular flexibility index (Phi) is 5.00. The van der Waals surface area contributed by atoms with E-state index in [2.05, 4.69) is 5.32 Å². The maximum absolute atomic E-state index is 11.7. The smallest absolute Gasteiger partial charge is 0.341 e. The fourth-order valence-corrected chi connectivity index (χ4v) is 2.85. The van der Waals surface area contributed by atoms with Gasteiger partial charge in [0.05, 0.1) is 9.90 Å². The number of thiophene rings is 1. The molecule has 1 aromatic carbocycles. The summed E-state index contributed by atoms with van der Waals surface area (Å²) in [4.78, 5) is 23.3. The number of hydrogen-bond donors (Lipinski definition) is 1. The normalized spacial score (nSPS) is 10.1. The number of rotatable bonds is 4. The molecule has 0 radical (unpaired) electrons. The van der Waals surface area contributed by atoms with Crippen LogP contribution in [0.15, 0.2) is 36.4 Å². The molecule has 1 aromatic heterocycles. The fraction of sp³-hybridized carbons (Fsp3) is 0.0769. The topological polar surface area (TPSA) is 55.4 Å². The van der Waals surface area contributed by atoms with Gasteiger partial charge in [-0.05, 0) is 18.2 Å². The van der Waals surface area contributed by atoms with Crippen molar-refractivity contribution in [2.45, 2.75) is 0 Å². The largest absolute Gasteiger partial charge is 0.452 e. The Morgan fingerprint density at radius 1 is 1.20 bits per heavy atom. The first-order valence-electron chi connectivity index (χ1n) is 5.53. The molecule has 0 spiro atoms. The average molecular weight is 330 g/mol. The van der Waals surface area contributed by atoms with Crippen molar-refractivity contribution in [2.75, 3.05) is 11.9 Å². The number of hydrogen-bond acceptors (Lipinski definition) is 4. The van der Waals surface area contributed by atoms with Gasteiger partial charge in [0.25, 0.3) is 5.91 Å². The maximum Gasteiger partial charge on any atom is 0.341 e. The Hall–Kier alpha value is -1.56. The second-order valence-corrected chi connectivity index (χ2v) is 6.01. The number of nitrogens with one attached hydrogen (secondary N) is 1. The molecule has 20 heavy (non-hydrogen) atoms. The molecule has 1 heterocycles.